The highest BCUT2D eigenvalue weighted by atomic mass is 79.9. The summed E-state index contributed by atoms with van der Waals surface area (Å²) in [6.45, 7) is 4.35. The normalized spacial score (nSPS) is 15.8. The first-order valence-corrected chi connectivity index (χ1v) is 5.38. The summed E-state index contributed by atoms with van der Waals surface area (Å²) in [5.41, 5.74) is 0. The molecule has 1 fully saturated rings. The maximum absolute atomic E-state index is 11.5. The monoisotopic (exact) mass is 231 g/mol. The standard InChI is InChI=1S/C9H14BrNO/c1-2-7-11(8-3-4-8)9(12)5-6-10/h2,8H,1,3-7H2. The van der Waals surface area contributed by atoms with Gasteiger partial charge in [-0.1, -0.05) is 22.0 Å². The molecule has 3 heteroatoms. The van der Waals surface area contributed by atoms with Crippen molar-refractivity contribution >= 4 is 21.8 Å². The van der Waals surface area contributed by atoms with Gasteiger partial charge < -0.3 is 4.90 Å². The molecule has 0 atom stereocenters. The van der Waals surface area contributed by atoms with Crippen molar-refractivity contribution in [2.45, 2.75) is 25.3 Å². The van der Waals surface area contributed by atoms with E-state index >= 15 is 0 Å². The van der Waals surface area contributed by atoms with E-state index in [1.165, 1.54) is 12.8 Å². The van der Waals surface area contributed by atoms with Crippen LogP contribution in [-0.2, 0) is 4.79 Å². The van der Waals surface area contributed by atoms with Crippen LogP contribution in [0.5, 0.6) is 0 Å². The fraction of sp³-hybridized carbons (Fsp3) is 0.667. The maximum Gasteiger partial charge on any atom is 0.223 e. The van der Waals surface area contributed by atoms with E-state index in [0.717, 1.165) is 5.33 Å². The van der Waals surface area contributed by atoms with Crippen LogP contribution in [0.2, 0.25) is 0 Å². The summed E-state index contributed by atoms with van der Waals surface area (Å²) in [6, 6.07) is 0.509. The Hall–Kier alpha value is -0.310. The molecule has 1 saturated carbocycles. The van der Waals surface area contributed by atoms with E-state index in [0.29, 0.717) is 19.0 Å². The van der Waals surface area contributed by atoms with E-state index in [1.807, 2.05) is 4.90 Å². The molecule has 0 bridgehead atoms. The zero-order chi connectivity index (χ0) is 8.97. The number of carbonyl (C=O) groups excluding carboxylic acids is 1. The number of halogens is 1. The summed E-state index contributed by atoms with van der Waals surface area (Å²) in [5, 5.41) is 0.756. The lowest BCUT2D eigenvalue weighted by molar-refractivity contribution is -0.130. The molecule has 1 aliphatic carbocycles. The molecule has 1 aliphatic rings. The van der Waals surface area contributed by atoms with Gasteiger partial charge in [0, 0.05) is 24.3 Å². The average molecular weight is 232 g/mol. The summed E-state index contributed by atoms with van der Waals surface area (Å²) in [7, 11) is 0. The molecular formula is C9H14BrNO. The minimum atomic E-state index is 0.245. The van der Waals surface area contributed by atoms with Gasteiger partial charge in [-0.2, -0.15) is 0 Å². The van der Waals surface area contributed by atoms with Crippen molar-refractivity contribution in [2.75, 3.05) is 11.9 Å². The Morgan fingerprint density at radius 3 is 2.75 bits per heavy atom. The van der Waals surface area contributed by atoms with Crippen LogP contribution in [0.3, 0.4) is 0 Å². The molecular weight excluding hydrogens is 218 g/mol. The number of amides is 1. The third-order valence-electron chi connectivity index (χ3n) is 1.94. The number of alkyl halides is 1. The van der Waals surface area contributed by atoms with Gasteiger partial charge in [-0.3, -0.25) is 4.79 Å². The molecule has 2 nitrogen and oxygen atoms in total. The SMILES string of the molecule is C=CCN(C(=O)CCBr)C1CC1. The maximum atomic E-state index is 11.5. The number of rotatable bonds is 5. The van der Waals surface area contributed by atoms with Crippen molar-refractivity contribution in [1.29, 1.82) is 0 Å². The van der Waals surface area contributed by atoms with Gasteiger partial charge in [-0.15, -0.1) is 6.58 Å². The lowest BCUT2D eigenvalue weighted by atomic mass is 10.3. The first-order valence-electron chi connectivity index (χ1n) is 4.26. The predicted octanol–water partition coefficient (Wildman–Crippen LogP) is 1.95. The van der Waals surface area contributed by atoms with Gasteiger partial charge in [0.15, 0.2) is 0 Å². The Morgan fingerprint density at radius 1 is 1.67 bits per heavy atom. The topological polar surface area (TPSA) is 20.3 Å². The molecule has 0 saturated heterocycles. The highest BCUT2D eigenvalue weighted by molar-refractivity contribution is 9.09. The van der Waals surface area contributed by atoms with E-state index in [1.54, 1.807) is 6.08 Å². The zero-order valence-electron chi connectivity index (χ0n) is 7.13. The molecule has 0 aromatic carbocycles. The van der Waals surface area contributed by atoms with Gasteiger partial charge in [0.25, 0.3) is 0 Å². The van der Waals surface area contributed by atoms with E-state index < -0.39 is 0 Å². The zero-order valence-corrected chi connectivity index (χ0v) is 8.72. The molecule has 0 aromatic rings. The van der Waals surface area contributed by atoms with Crippen LogP contribution in [0.1, 0.15) is 19.3 Å². The highest BCUT2D eigenvalue weighted by Gasteiger charge is 2.30. The van der Waals surface area contributed by atoms with Crippen LogP contribution in [0, 0.1) is 0 Å². The van der Waals surface area contributed by atoms with E-state index in [-0.39, 0.29) is 5.91 Å². The minimum Gasteiger partial charge on any atom is -0.336 e. The lowest BCUT2D eigenvalue weighted by Crippen LogP contribution is -2.33. The molecule has 1 amide bonds. The van der Waals surface area contributed by atoms with Crippen LogP contribution in [0.15, 0.2) is 12.7 Å². The second kappa shape index (κ2) is 4.65. The van der Waals surface area contributed by atoms with Gasteiger partial charge in [0.2, 0.25) is 5.91 Å². The molecule has 0 unspecified atom stereocenters. The van der Waals surface area contributed by atoms with Gasteiger partial charge in [-0.05, 0) is 12.8 Å². The van der Waals surface area contributed by atoms with Gasteiger partial charge in [0.05, 0.1) is 0 Å². The number of hydrogen-bond acceptors (Lipinski definition) is 1. The van der Waals surface area contributed by atoms with Crippen molar-refractivity contribution < 1.29 is 4.79 Å². The third kappa shape index (κ3) is 2.63. The highest BCUT2D eigenvalue weighted by Crippen LogP contribution is 2.27. The smallest absolute Gasteiger partial charge is 0.223 e. The van der Waals surface area contributed by atoms with Gasteiger partial charge in [-0.25, -0.2) is 0 Å². The van der Waals surface area contributed by atoms with E-state index in [2.05, 4.69) is 22.5 Å². The van der Waals surface area contributed by atoms with Crippen LogP contribution in [-0.4, -0.2) is 28.7 Å². The molecule has 0 radical (unpaired) electrons. The summed E-state index contributed by atoms with van der Waals surface area (Å²) in [6.07, 6.45) is 4.73. The fourth-order valence-corrected chi connectivity index (χ4v) is 1.54. The van der Waals surface area contributed by atoms with Crippen molar-refractivity contribution in [1.82, 2.24) is 4.90 Å². The molecule has 0 aromatic heterocycles. The quantitative estimate of drug-likeness (QED) is 0.524. The predicted molar refractivity (Wildman–Crippen MR) is 53.3 cm³/mol. The molecule has 12 heavy (non-hydrogen) atoms. The Morgan fingerprint density at radius 2 is 2.33 bits per heavy atom. The van der Waals surface area contributed by atoms with Crippen LogP contribution >= 0.6 is 15.9 Å². The summed E-state index contributed by atoms with van der Waals surface area (Å²) < 4.78 is 0. The van der Waals surface area contributed by atoms with Crippen LogP contribution in [0.25, 0.3) is 0 Å². The molecule has 0 heterocycles. The van der Waals surface area contributed by atoms with E-state index in [9.17, 15) is 4.79 Å². The number of hydrogen-bond donors (Lipinski definition) is 0. The largest absolute Gasteiger partial charge is 0.336 e. The van der Waals surface area contributed by atoms with Crippen molar-refractivity contribution in [3.05, 3.63) is 12.7 Å². The molecule has 1 rings (SSSR count). The summed E-state index contributed by atoms with van der Waals surface area (Å²) in [5.74, 6) is 0.245. The van der Waals surface area contributed by atoms with E-state index in [4.69, 9.17) is 0 Å². The molecule has 0 spiro atoms. The molecule has 0 N–H and O–H groups in total. The van der Waals surface area contributed by atoms with Gasteiger partial charge in [0.1, 0.15) is 0 Å². The summed E-state index contributed by atoms with van der Waals surface area (Å²) in [4.78, 5) is 13.4. The van der Waals surface area contributed by atoms with Gasteiger partial charge >= 0.3 is 0 Å². The minimum absolute atomic E-state index is 0.245. The van der Waals surface area contributed by atoms with Crippen molar-refractivity contribution in [3.8, 4) is 0 Å². The Balaban J connectivity index is 2.39. The van der Waals surface area contributed by atoms with Crippen molar-refractivity contribution in [2.24, 2.45) is 0 Å². The Labute approximate surface area is 81.8 Å². The third-order valence-corrected chi connectivity index (χ3v) is 2.34. The lowest BCUT2D eigenvalue weighted by Gasteiger charge is -2.19. The second-order valence-electron chi connectivity index (χ2n) is 3.00. The van der Waals surface area contributed by atoms with Crippen LogP contribution in [0.4, 0.5) is 0 Å². The summed E-state index contributed by atoms with van der Waals surface area (Å²) >= 11 is 3.27. The Kier molecular flexibility index (Phi) is 3.79. The van der Waals surface area contributed by atoms with Crippen molar-refractivity contribution in [3.63, 3.8) is 0 Å². The number of nitrogens with zero attached hydrogens (tertiary/aromatic N) is 1. The first-order chi connectivity index (χ1) is 5.79. The molecule has 0 aliphatic heterocycles. The molecule has 68 valence electrons. The first kappa shape index (κ1) is 9.78. The van der Waals surface area contributed by atoms with Crippen LogP contribution < -0.4 is 0 Å². The second-order valence-corrected chi connectivity index (χ2v) is 3.80. The number of carbonyl (C=O) groups is 1. The Bertz CT molecular complexity index is 177. The fourth-order valence-electron chi connectivity index (χ4n) is 1.20. The average Bonchev–Trinajstić information content (AvgIpc) is 2.83.